The van der Waals surface area contributed by atoms with Crippen molar-refractivity contribution in [1.29, 1.82) is 0 Å². The second-order valence-corrected chi connectivity index (χ2v) is 2.38. The van der Waals surface area contributed by atoms with Crippen LogP contribution in [0.15, 0.2) is 4.99 Å². The van der Waals surface area contributed by atoms with Crippen LogP contribution in [-0.2, 0) is 4.79 Å². The minimum Gasteiger partial charge on any atom is -0.463 e. The first-order valence-electron chi connectivity index (χ1n) is 2.69. The first-order chi connectivity index (χ1) is 5.06. The van der Waals surface area contributed by atoms with Crippen LogP contribution in [0.25, 0.3) is 0 Å². The lowest BCUT2D eigenvalue weighted by Crippen LogP contribution is -2.26. The Morgan fingerprint density at radius 1 is 1.55 bits per heavy atom. The van der Waals surface area contributed by atoms with Crippen molar-refractivity contribution < 1.29 is 14.7 Å². The van der Waals surface area contributed by atoms with Crippen molar-refractivity contribution in [2.24, 2.45) is 4.99 Å². The van der Waals surface area contributed by atoms with Gasteiger partial charge in [0.25, 0.3) is 0 Å². The fraction of sp³-hybridized carbons (Fsp3) is 0.400. The van der Waals surface area contributed by atoms with Crippen molar-refractivity contribution >= 4 is 28.9 Å². The monoisotopic (exact) mass is 176 g/mol. The number of amidine groups is 1. The van der Waals surface area contributed by atoms with E-state index in [9.17, 15) is 9.59 Å². The molecule has 0 atom stereocenters. The highest BCUT2D eigenvalue weighted by molar-refractivity contribution is 8.13. The smallest absolute Gasteiger partial charge is 0.433 e. The Morgan fingerprint density at radius 3 is 2.36 bits per heavy atom. The predicted molar refractivity (Wildman–Crippen MR) is 42.8 cm³/mol. The van der Waals surface area contributed by atoms with Crippen molar-refractivity contribution in [2.75, 3.05) is 6.26 Å². The molecule has 5 nitrogen and oxygen atoms in total. The Kier molecular flexibility index (Phi) is 4.28. The lowest BCUT2D eigenvalue weighted by atomic mass is 10.7. The molecule has 0 heterocycles. The number of carboxylic acid groups (broad SMARTS) is 1. The topological polar surface area (TPSA) is 78.8 Å². The van der Waals surface area contributed by atoms with E-state index in [1.165, 1.54) is 6.92 Å². The average Bonchev–Trinajstić information content (AvgIpc) is 1.84. The van der Waals surface area contributed by atoms with Gasteiger partial charge in [-0.15, -0.1) is 0 Å². The molecule has 0 aliphatic carbocycles. The Morgan fingerprint density at radius 2 is 2.09 bits per heavy atom. The fourth-order valence-electron chi connectivity index (χ4n) is 0.362. The molecule has 0 aromatic rings. The summed E-state index contributed by atoms with van der Waals surface area (Å²) in [5.74, 6) is -0.334. The summed E-state index contributed by atoms with van der Waals surface area (Å²) in [6.45, 7) is 1.29. The van der Waals surface area contributed by atoms with E-state index in [4.69, 9.17) is 5.11 Å². The molecule has 0 saturated carbocycles. The maximum Gasteiger partial charge on any atom is 0.433 e. The zero-order valence-electron chi connectivity index (χ0n) is 6.12. The van der Waals surface area contributed by atoms with Crippen LogP contribution in [0.1, 0.15) is 6.92 Å². The number of aliphatic imine (C=N–C) groups is 1. The van der Waals surface area contributed by atoms with Crippen molar-refractivity contribution in [3.05, 3.63) is 0 Å². The largest absolute Gasteiger partial charge is 0.463 e. The zero-order chi connectivity index (χ0) is 8.85. The molecule has 62 valence electrons. The van der Waals surface area contributed by atoms with Gasteiger partial charge in [0, 0.05) is 6.92 Å². The van der Waals surface area contributed by atoms with E-state index >= 15 is 0 Å². The number of nitrogens with zero attached hydrogens (tertiary/aromatic N) is 1. The summed E-state index contributed by atoms with van der Waals surface area (Å²) in [5, 5.41) is 10.5. The molecule has 0 unspecified atom stereocenters. The van der Waals surface area contributed by atoms with Gasteiger partial charge in [-0.25, -0.2) is 4.79 Å². The second-order valence-electron chi connectivity index (χ2n) is 1.58. The molecule has 0 radical (unpaired) electrons. The van der Waals surface area contributed by atoms with E-state index in [-0.39, 0.29) is 11.1 Å². The maximum absolute atomic E-state index is 10.4. The van der Waals surface area contributed by atoms with Crippen LogP contribution in [0.2, 0.25) is 0 Å². The van der Waals surface area contributed by atoms with E-state index in [0.717, 1.165) is 11.8 Å². The highest BCUT2D eigenvalue weighted by atomic mass is 32.2. The van der Waals surface area contributed by atoms with Gasteiger partial charge in [-0.2, -0.15) is 4.99 Å². The number of carbonyl (C=O) groups excluding carboxylic acids is 1. The minimum atomic E-state index is -1.32. The molecule has 0 aliphatic rings. The van der Waals surface area contributed by atoms with E-state index < -0.39 is 6.09 Å². The van der Waals surface area contributed by atoms with Crippen LogP contribution >= 0.6 is 11.8 Å². The number of nitrogens with one attached hydrogen (secondary N) is 1. The Bertz CT molecular complexity index is 202. The van der Waals surface area contributed by atoms with Crippen LogP contribution < -0.4 is 5.32 Å². The van der Waals surface area contributed by atoms with Crippen molar-refractivity contribution in [3.8, 4) is 0 Å². The van der Waals surface area contributed by atoms with Gasteiger partial charge in [-0.1, -0.05) is 11.8 Å². The second kappa shape index (κ2) is 4.73. The SMILES string of the molecule is CSC(=NC(=O)O)NC(C)=O. The average molecular weight is 176 g/mol. The van der Waals surface area contributed by atoms with Gasteiger partial charge < -0.3 is 10.4 Å². The Labute approximate surface area is 67.9 Å². The number of hydrogen-bond acceptors (Lipinski definition) is 3. The van der Waals surface area contributed by atoms with Gasteiger partial charge in [-0.3, -0.25) is 4.79 Å². The van der Waals surface area contributed by atoms with Gasteiger partial charge in [0.2, 0.25) is 5.91 Å². The van der Waals surface area contributed by atoms with Crippen molar-refractivity contribution in [3.63, 3.8) is 0 Å². The lowest BCUT2D eigenvalue weighted by Gasteiger charge is -1.99. The lowest BCUT2D eigenvalue weighted by molar-refractivity contribution is -0.117. The Balaban J connectivity index is 4.16. The molecule has 2 N–H and O–H groups in total. The Hall–Kier alpha value is -1.04. The fourth-order valence-corrected chi connectivity index (χ4v) is 0.777. The first-order valence-corrected chi connectivity index (χ1v) is 3.92. The van der Waals surface area contributed by atoms with Crippen LogP contribution in [0.4, 0.5) is 4.79 Å². The summed E-state index contributed by atoms with van der Waals surface area (Å²) in [6, 6.07) is 0. The molecule has 6 heteroatoms. The van der Waals surface area contributed by atoms with Gasteiger partial charge in [-0.05, 0) is 6.26 Å². The molecule has 0 saturated heterocycles. The number of amides is 2. The van der Waals surface area contributed by atoms with Gasteiger partial charge in [0.05, 0.1) is 0 Å². The van der Waals surface area contributed by atoms with E-state index in [2.05, 4.69) is 10.3 Å². The molecule has 0 spiro atoms. The van der Waals surface area contributed by atoms with E-state index in [1.807, 2.05) is 0 Å². The number of thioether (sulfide) groups is 1. The number of hydrogen-bond donors (Lipinski definition) is 2. The van der Waals surface area contributed by atoms with Gasteiger partial charge in [0.1, 0.15) is 0 Å². The molecule has 0 rings (SSSR count). The molecule has 0 fully saturated rings. The van der Waals surface area contributed by atoms with Crippen molar-refractivity contribution in [2.45, 2.75) is 6.92 Å². The number of rotatable bonds is 0. The third kappa shape index (κ3) is 5.41. The maximum atomic E-state index is 10.4. The molecule has 2 amide bonds. The summed E-state index contributed by atoms with van der Waals surface area (Å²) in [6.07, 6.45) is 0.306. The van der Waals surface area contributed by atoms with Crippen LogP contribution in [0.5, 0.6) is 0 Å². The minimum absolute atomic E-state index is 0.0880. The summed E-state index contributed by atoms with van der Waals surface area (Å²) >= 11 is 1.06. The van der Waals surface area contributed by atoms with Crippen LogP contribution in [0, 0.1) is 0 Å². The summed E-state index contributed by atoms with van der Waals surface area (Å²) in [7, 11) is 0. The van der Waals surface area contributed by atoms with Crippen molar-refractivity contribution in [1.82, 2.24) is 5.32 Å². The highest BCUT2D eigenvalue weighted by Gasteiger charge is 2.01. The molecule has 11 heavy (non-hydrogen) atoms. The predicted octanol–water partition coefficient (Wildman–Crippen LogP) is 0.519. The molecular formula is C5H8N2O3S. The van der Waals surface area contributed by atoms with Crippen LogP contribution in [0.3, 0.4) is 0 Å². The van der Waals surface area contributed by atoms with Gasteiger partial charge in [0.15, 0.2) is 5.17 Å². The molecule has 0 aromatic carbocycles. The molecule has 0 aliphatic heterocycles. The van der Waals surface area contributed by atoms with Crippen LogP contribution in [-0.4, -0.2) is 28.5 Å². The normalized spacial score (nSPS) is 10.9. The summed E-state index contributed by atoms with van der Waals surface area (Å²) in [4.78, 5) is 23.5. The molecule has 0 bridgehead atoms. The van der Waals surface area contributed by atoms with E-state index in [0.29, 0.717) is 0 Å². The summed E-state index contributed by atoms with van der Waals surface area (Å²) < 4.78 is 0. The third-order valence-electron chi connectivity index (χ3n) is 0.674. The first kappa shape index (κ1) is 9.96. The zero-order valence-corrected chi connectivity index (χ0v) is 6.94. The van der Waals surface area contributed by atoms with Gasteiger partial charge >= 0.3 is 6.09 Å². The standard InChI is InChI=1S/C5H8N2O3S/c1-3(8)6-4(11-2)7-5(9)10/h1-2H3,(H,9,10)(H,6,7,8). The van der Waals surface area contributed by atoms with E-state index in [1.54, 1.807) is 6.26 Å². The summed E-state index contributed by atoms with van der Waals surface area (Å²) in [5.41, 5.74) is 0. The molecular weight excluding hydrogens is 168 g/mol. The third-order valence-corrected chi connectivity index (χ3v) is 1.25. The number of carbonyl (C=O) groups is 2. The highest BCUT2D eigenvalue weighted by Crippen LogP contribution is 1.94. The molecule has 0 aromatic heterocycles. The quantitative estimate of drug-likeness (QED) is 0.416.